The number of carbonyl (C=O) groups is 2. The number of alkyl halides is 2. The number of nitrogens with one attached hydrogen (secondary N) is 2. The topological polar surface area (TPSA) is 95.1 Å². The summed E-state index contributed by atoms with van der Waals surface area (Å²) in [5.41, 5.74) is 4.87. The van der Waals surface area contributed by atoms with Gasteiger partial charge in [0.2, 0.25) is 6.79 Å². The minimum atomic E-state index is -3.06. The number of para-hydroxylation sites is 1. The van der Waals surface area contributed by atoms with E-state index in [4.69, 9.17) is 14.2 Å². The van der Waals surface area contributed by atoms with Crippen LogP contribution in [-0.4, -0.2) is 32.3 Å². The van der Waals surface area contributed by atoms with E-state index in [0.717, 1.165) is 6.08 Å². The molecular formula is C19H16F2N2O6. The lowest BCUT2D eigenvalue weighted by molar-refractivity contribution is -0.117. The Hall–Kier alpha value is -3.82. The van der Waals surface area contributed by atoms with Crippen molar-refractivity contribution < 1.29 is 37.3 Å². The standard InChI is InChI=1S/C19H16F2N2O6/c1-26-14-4-2-3-11(17(14)29-19(20)21)6-8-16(24)22-23-18(25)12-5-7-13-15(9-12)28-10-27-13/h2-9,19H,10H2,1H3,(H,22,24)(H,23,25)/b8-6+. The van der Waals surface area contributed by atoms with Gasteiger partial charge in [0.05, 0.1) is 7.11 Å². The van der Waals surface area contributed by atoms with Crippen molar-refractivity contribution in [3.63, 3.8) is 0 Å². The summed E-state index contributed by atoms with van der Waals surface area (Å²) in [5, 5.41) is 0. The number of carbonyl (C=O) groups excluding carboxylic acids is 2. The SMILES string of the molecule is COc1cccc(/C=C/C(=O)NNC(=O)c2ccc3c(c2)OCO3)c1OC(F)F. The number of hydrogen-bond donors (Lipinski definition) is 2. The molecule has 2 N–H and O–H groups in total. The summed E-state index contributed by atoms with van der Waals surface area (Å²) in [6, 6.07) is 9.03. The van der Waals surface area contributed by atoms with Crippen LogP contribution < -0.4 is 29.8 Å². The maximum absolute atomic E-state index is 12.6. The molecule has 0 bridgehead atoms. The van der Waals surface area contributed by atoms with Crippen molar-refractivity contribution in [3.8, 4) is 23.0 Å². The van der Waals surface area contributed by atoms with E-state index in [0.29, 0.717) is 11.5 Å². The quantitative estimate of drug-likeness (QED) is 0.566. The van der Waals surface area contributed by atoms with Crippen molar-refractivity contribution in [2.24, 2.45) is 0 Å². The molecule has 2 amide bonds. The second-order valence-corrected chi connectivity index (χ2v) is 5.60. The average Bonchev–Trinajstić information content (AvgIpc) is 3.18. The van der Waals surface area contributed by atoms with Gasteiger partial charge in [-0.05, 0) is 30.3 Å². The van der Waals surface area contributed by atoms with E-state index in [-0.39, 0.29) is 29.4 Å². The molecule has 152 valence electrons. The molecular weight excluding hydrogens is 390 g/mol. The van der Waals surface area contributed by atoms with Gasteiger partial charge in [0.1, 0.15) is 0 Å². The number of hydrogen-bond acceptors (Lipinski definition) is 6. The lowest BCUT2D eigenvalue weighted by atomic mass is 10.1. The molecule has 2 aromatic rings. The first-order valence-corrected chi connectivity index (χ1v) is 8.28. The highest BCUT2D eigenvalue weighted by Gasteiger charge is 2.17. The Bertz CT molecular complexity index is 948. The molecule has 3 rings (SSSR count). The van der Waals surface area contributed by atoms with Crippen LogP contribution >= 0.6 is 0 Å². The van der Waals surface area contributed by atoms with Gasteiger partial charge in [-0.1, -0.05) is 12.1 Å². The van der Waals surface area contributed by atoms with Crippen LogP contribution in [0, 0.1) is 0 Å². The van der Waals surface area contributed by atoms with Crippen LogP contribution in [0.2, 0.25) is 0 Å². The Labute approximate surface area is 164 Å². The number of benzene rings is 2. The Kier molecular flexibility index (Phi) is 6.12. The zero-order valence-corrected chi connectivity index (χ0v) is 15.1. The van der Waals surface area contributed by atoms with E-state index in [1.165, 1.54) is 37.5 Å². The number of methoxy groups -OCH3 is 1. The second-order valence-electron chi connectivity index (χ2n) is 5.60. The van der Waals surface area contributed by atoms with Gasteiger partial charge in [0.25, 0.3) is 11.8 Å². The molecule has 1 aliphatic rings. The summed E-state index contributed by atoms with van der Waals surface area (Å²) in [4.78, 5) is 24.1. The van der Waals surface area contributed by atoms with Crippen molar-refractivity contribution in [1.82, 2.24) is 10.9 Å². The van der Waals surface area contributed by atoms with Crippen molar-refractivity contribution in [2.75, 3.05) is 13.9 Å². The molecule has 0 atom stereocenters. The van der Waals surface area contributed by atoms with Crippen LogP contribution in [0.4, 0.5) is 8.78 Å². The molecule has 0 aliphatic carbocycles. The second kappa shape index (κ2) is 8.91. The Morgan fingerprint density at radius 1 is 1.14 bits per heavy atom. The predicted molar refractivity (Wildman–Crippen MR) is 96.8 cm³/mol. The fourth-order valence-electron chi connectivity index (χ4n) is 2.48. The van der Waals surface area contributed by atoms with E-state index in [9.17, 15) is 18.4 Å². The molecule has 0 radical (unpaired) electrons. The molecule has 1 aliphatic heterocycles. The monoisotopic (exact) mass is 406 g/mol. The molecule has 0 unspecified atom stereocenters. The minimum Gasteiger partial charge on any atom is -0.493 e. The Morgan fingerprint density at radius 3 is 2.69 bits per heavy atom. The van der Waals surface area contributed by atoms with Crippen LogP contribution in [0.3, 0.4) is 0 Å². The third kappa shape index (κ3) is 4.92. The molecule has 2 aromatic carbocycles. The number of halogens is 2. The zero-order valence-electron chi connectivity index (χ0n) is 15.1. The lowest BCUT2D eigenvalue weighted by Gasteiger charge is -2.12. The zero-order chi connectivity index (χ0) is 20.8. The summed E-state index contributed by atoms with van der Waals surface area (Å²) < 4.78 is 45.0. The van der Waals surface area contributed by atoms with E-state index in [1.54, 1.807) is 12.1 Å². The largest absolute Gasteiger partial charge is 0.493 e. The van der Waals surface area contributed by atoms with E-state index >= 15 is 0 Å². The number of fused-ring (bicyclic) bond motifs is 1. The Morgan fingerprint density at radius 2 is 1.93 bits per heavy atom. The molecule has 0 saturated carbocycles. The van der Waals surface area contributed by atoms with Crippen LogP contribution in [0.1, 0.15) is 15.9 Å². The molecule has 0 spiro atoms. The number of rotatable bonds is 6. The summed E-state index contributed by atoms with van der Waals surface area (Å²) >= 11 is 0. The molecule has 10 heteroatoms. The first-order chi connectivity index (χ1) is 14.0. The van der Waals surface area contributed by atoms with E-state index < -0.39 is 18.4 Å². The summed E-state index contributed by atoms with van der Waals surface area (Å²) in [7, 11) is 1.31. The van der Waals surface area contributed by atoms with Crippen LogP contribution in [-0.2, 0) is 4.79 Å². The fraction of sp³-hybridized carbons (Fsp3) is 0.158. The van der Waals surface area contributed by atoms with Crippen molar-refractivity contribution in [2.45, 2.75) is 6.61 Å². The maximum Gasteiger partial charge on any atom is 0.387 e. The lowest BCUT2D eigenvalue weighted by Crippen LogP contribution is -2.40. The predicted octanol–water partition coefficient (Wildman–Crippen LogP) is 2.50. The van der Waals surface area contributed by atoms with Gasteiger partial charge >= 0.3 is 6.61 Å². The number of ether oxygens (including phenoxy) is 4. The number of amides is 2. The minimum absolute atomic E-state index is 0.0729. The maximum atomic E-state index is 12.6. The van der Waals surface area contributed by atoms with Crippen LogP contribution in [0.25, 0.3) is 6.08 Å². The summed E-state index contributed by atoms with van der Waals surface area (Å²) in [6.45, 7) is -2.99. The molecule has 0 saturated heterocycles. The molecule has 1 heterocycles. The van der Waals surface area contributed by atoms with Crippen molar-refractivity contribution >= 4 is 17.9 Å². The highest BCUT2D eigenvalue weighted by atomic mass is 19.3. The average molecular weight is 406 g/mol. The van der Waals surface area contributed by atoms with Crippen molar-refractivity contribution in [3.05, 3.63) is 53.6 Å². The van der Waals surface area contributed by atoms with Crippen LogP contribution in [0.5, 0.6) is 23.0 Å². The van der Waals surface area contributed by atoms with Crippen LogP contribution in [0.15, 0.2) is 42.5 Å². The third-order valence-corrected chi connectivity index (χ3v) is 3.78. The summed E-state index contributed by atoms with van der Waals surface area (Å²) in [6.07, 6.45) is 2.30. The summed E-state index contributed by atoms with van der Waals surface area (Å²) in [5.74, 6) is -0.442. The smallest absolute Gasteiger partial charge is 0.387 e. The van der Waals surface area contributed by atoms with Crippen molar-refractivity contribution in [1.29, 1.82) is 0 Å². The molecule has 8 nitrogen and oxygen atoms in total. The first kappa shape index (κ1) is 19.9. The van der Waals surface area contributed by atoms with Gasteiger partial charge in [0.15, 0.2) is 23.0 Å². The van der Waals surface area contributed by atoms with Gasteiger partial charge in [-0.25, -0.2) is 0 Å². The molecule has 0 fully saturated rings. The highest BCUT2D eigenvalue weighted by Crippen LogP contribution is 2.33. The highest BCUT2D eigenvalue weighted by molar-refractivity contribution is 5.98. The van der Waals surface area contributed by atoms with Gasteiger partial charge in [-0.3, -0.25) is 20.4 Å². The normalized spacial score (nSPS) is 12.1. The Balaban J connectivity index is 1.62. The first-order valence-electron chi connectivity index (χ1n) is 8.28. The van der Waals surface area contributed by atoms with Gasteiger partial charge in [-0.15, -0.1) is 0 Å². The number of hydrazine groups is 1. The van der Waals surface area contributed by atoms with E-state index in [1.807, 2.05) is 0 Å². The molecule has 0 aromatic heterocycles. The van der Waals surface area contributed by atoms with Gasteiger partial charge in [0, 0.05) is 17.2 Å². The van der Waals surface area contributed by atoms with Gasteiger partial charge < -0.3 is 18.9 Å². The fourth-order valence-corrected chi connectivity index (χ4v) is 2.48. The molecule has 29 heavy (non-hydrogen) atoms. The third-order valence-electron chi connectivity index (χ3n) is 3.78. The van der Waals surface area contributed by atoms with E-state index in [2.05, 4.69) is 15.6 Å². The van der Waals surface area contributed by atoms with Gasteiger partial charge in [-0.2, -0.15) is 8.78 Å².